The highest BCUT2D eigenvalue weighted by molar-refractivity contribution is 5.94. The van der Waals surface area contributed by atoms with Crippen LogP contribution in [0, 0.1) is 12.7 Å². The number of nitrogens with zero attached hydrogens (tertiary/aromatic N) is 1. The molecule has 94 valence electrons. The van der Waals surface area contributed by atoms with E-state index in [1.807, 2.05) is 26.8 Å². The summed E-state index contributed by atoms with van der Waals surface area (Å²) in [6, 6.07) is 4.91. The fraction of sp³-hybridized carbons (Fsp3) is 0.462. The highest BCUT2D eigenvalue weighted by Crippen LogP contribution is 2.50. The molecule has 1 aromatic carbocycles. The number of nitrogens with two attached hydrogens (primary N) is 1. The van der Waals surface area contributed by atoms with E-state index in [0.717, 1.165) is 18.4 Å². The van der Waals surface area contributed by atoms with Gasteiger partial charge in [0, 0.05) is 5.56 Å². The standard InChI is InChI=1S/C11H13FN2O.C2H6/c1-7-3-2-4-8(12)9(7)11(5-6-11)10(13)14-15;1-2/h2-4,15H,5-6H2,1H3,(H2,13,14);1-2H3. The Kier molecular flexibility index (Phi) is 4.10. The number of oxime groups is 1. The summed E-state index contributed by atoms with van der Waals surface area (Å²) in [6.45, 7) is 5.84. The third kappa shape index (κ3) is 2.25. The van der Waals surface area contributed by atoms with Crippen molar-refractivity contribution in [3.63, 3.8) is 0 Å². The number of amidine groups is 1. The van der Waals surface area contributed by atoms with Crippen LogP contribution in [-0.2, 0) is 5.41 Å². The number of hydrogen-bond acceptors (Lipinski definition) is 2. The summed E-state index contributed by atoms with van der Waals surface area (Å²) < 4.78 is 13.7. The molecule has 1 aliphatic carbocycles. The fourth-order valence-electron chi connectivity index (χ4n) is 2.09. The van der Waals surface area contributed by atoms with Crippen molar-refractivity contribution in [2.75, 3.05) is 0 Å². The van der Waals surface area contributed by atoms with Gasteiger partial charge in [-0.05, 0) is 31.4 Å². The average molecular weight is 238 g/mol. The molecule has 0 unspecified atom stereocenters. The third-order valence-electron chi connectivity index (χ3n) is 3.05. The number of halogens is 1. The molecule has 0 spiro atoms. The minimum atomic E-state index is -0.565. The molecule has 3 nitrogen and oxygen atoms in total. The molecule has 0 radical (unpaired) electrons. The van der Waals surface area contributed by atoms with E-state index in [4.69, 9.17) is 10.9 Å². The number of hydrogen-bond donors (Lipinski definition) is 2. The molecular formula is C13H19FN2O. The van der Waals surface area contributed by atoms with E-state index in [2.05, 4.69) is 5.16 Å². The van der Waals surface area contributed by atoms with Crippen LogP contribution in [0.3, 0.4) is 0 Å². The van der Waals surface area contributed by atoms with Crippen LogP contribution in [0.5, 0.6) is 0 Å². The van der Waals surface area contributed by atoms with Gasteiger partial charge >= 0.3 is 0 Å². The van der Waals surface area contributed by atoms with Gasteiger partial charge in [-0.3, -0.25) is 0 Å². The zero-order chi connectivity index (χ0) is 13.1. The summed E-state index contributed by atoms with van der Waals surface area (Å²) in [4.78, 5) is 0. The summed E-state index contributed by atoms with van der Waals surface area (Å²) in [5, 5.41) is 11.7. The third-order valence-corrected chi connectivity index (χ3v) is 3.05. The normalized spacial score (nSPS) is 17.1. The van der Waals surface area contributed by atoms with E-state index < -0.39 is 5.41 Å². The van der Waals surface area contributed by atoms with Gasteiger partial charge in [0.1, 0.15) is 11.7 Å². The zero-order valence-electron chi connectivity index (χ0n) is 10.5. The van der Waals surface area contributed by atoms with Gasteiger partial charge in [-0.1, -0.05) is 31.1 Å². The molecule has 0 atom stereocenters. The zero-order valence-corrected chi connectivity index (χ0v) is 10.5. The molecule has 3 N–H and O–H groups in total. The van der Waals surface area contributed by atoms with Gasteiger partial charge in [0.25, 0.3) is 0 Å². The monoisotopic (exact) mass is 238 g/mol. The Labute approximate surface area is 101 Å². The molecule has 17 heavy (non-hydrogen) atoms. The lowest BCUT2D eigenvalue weighted by Gasteiger charge is -2.17. The summed E-state index contributed by atoms with van der Waals surface area (Å²) in [6.07, 6.45) is 1.48. The second-order valence-electron chi connectivity index (χ2n) is 4.00. The quantitative estimate of drug-likeness (QED) is 0.360. The topological polar surface area (TPSA) is 58.6 Å². The van der Waals surface area contributed by atoms with Crippen molar-refractivity contribution in [3.8, 4) is 0 Å². The molecule has 4 heteroatoms. The van der Waals surface area contributed by atoms with Gasteiger partial charge in [-0.2, -0.15) is 0 Å². The molecular weight excluding hydrogens is 219 g/mol. The molecule has 1 aliphatic rings. The molecule has 1 fully saturated rings. The first-order valence-electron chi connectivity index (χ1n) is 5.85. The molecule has 0 saturated heterocycles. The van der Waals surface area contributed by atoms with Crippen LogP contribution in [-0.4, -0.2) is 11.0 Å². The summed E-state index contributed by atoms with van der Waals surface area (Å²) in [7, 11) is 0. The maximum Gasteiger partial charge on any atom is 0.149 e. The molecule has 0 heterocycles. The number of benzene rings is 1. The molecule has 1 aromatic rings. The first-order valence-corrected chi connectivity index (χ1v) is 5.85. The largest absolute Gasteiger partial charge is 0.409 e. The summed E-state index contributed by atoms with van der Waals surface area (Å²) >= 11 is 0. The Morgan fingerprint density at radius 2 is 2.00 bits per heavy atom. The van der Waals surface area contributed by atoms with E-state index in [0.29, 0.717) is 5.56 Å². The van der Waals surface area contributed by atoms with Crippen LogP contribution in [0.15, 0.2) is 23.4 Å². The van der Waals surface area contributed by atoms with E-state index in [9.17, 15) is 4.39 Å². The van der Waals surface area contributed by atoms with Gasteiger partial charge in [0.15, 0.2) is 0 Å². The molecule has 0 aromatic heterocycles. The molecule has 0 bridgehead atoms. The molecule has 0 aliphatic heterocycles. The minimum Gasteiger partial charge on any atom is -0.409 e. The second-order valence-corrected chi connectivity index (χ2v) is 4.00. The van der Waals surface area contributed by atoms with E-state index in [1.165, 1.54) is 6.07 Å². The summed E-state index contributed by atoms with van der Waals surface area (Å²) in [5.41, 5.74) is 6.47. The Morgan fingerprint density at radius 1 is 1.41 bits per heavy atom. The Balaban J connectivity index is 0.000000686. The van der Waals surface area contributed by atoms with Crippen molar-refractivity contribution < 1.29 is 9.60 Å². The molecule has 2 rings (SSSR count). The van der Waals surface area contributed by atoms with E-state index in [-0.39, 0.29) is 11.7 Å². The highest BCUT2D eigenvalue weighted by atomic mass is 19.1. The van der Waals surface area contributed by atoms with E-state index in [1.54, 1.807) is 6.07 Å². The maximum atomic E-state index is 13.7. The van der Waals surface area contributed by atoms with Crippen molar-refractivity contribution >= 4 is 5.84 Å². The van der Waals surface area contributed by atoms with E-state index >= 15 is 0 Å². The maximum absolute atomic E-state index is 13.7. The minimum absolute atomic E-state index is 0.107. The second kappa shape index (κ2) is 5.17. The lowest BCUT2D eigenvalue weighted by atomic mass is 9.90. The van der Waals surface area contributed by atoms with Gasteiger partial charge < -0.3 is 10.9 Å². The van der Waals surface area contributed by atoms with Crippen LogP contribution in [0.25, 0.3) is 0 Å². The van der Waals surface area contributed by atoms with Gasteiger partial charge in [-0.15, -0.1) is 0 Å². The Bertz CT molecular complexity index is 405. The summed E-state index contributed by atoms with van der Waals surface area (Å²) in [5.74, 6) is -0.171. The lowest BCUT2D eigenvalue weighted by Crippen LogP contribution is -2.30. The van der Waals surface area contributed by atoms with Gasteiger partial charge in [0.2, 0.25) is 0 Å². The van der Waals surface area contributed by atoms with Crippen molar-refractivity contribution in [3.05, 3.63) is 35.1 Å². The smallest absolute Gasteiger partial charge is 0.149 e. The first kappa shape index (κ1) is 13.5. The van der Waals surface area contributed by atoms with Crippen LogP contribution >= 0.6 is 0 Å². The number of rotatable bonds is 2. The van der Waals surface area contributed by atoms with Crippen LogP contribution in [0.2, 0.25) is 0 Å². The van der Waals surface area contributed by atoms with Gasteiger partial charge in [0.05, 0.1) is 5.41 Å². The van der Waals surface area contributed by atoms with Crippen molar-refractivity contribution in [1.82, 2.24) is 0 Å². The van der Waals surface area contributed by atoms with Crippen molar-refractivity contribution in [1.29, 1.82) is 0 Å². The first-order chi connectivity index (χ1) is 8.12. The predicted molar refractivity (Wildman–Crippen MR) is 66.8 cm³/mol. The van der Waals surface area contributed by atoms with Gasteiger partial charge in [-0.25, -0.2) is 4.39 Å². The number of aryl methyl sites for hydroxylation is 1. The lowest BCUT2D eigenvalue weighted by molar-refractivity contribution is 0.315. The SMILES string of the molecule is CC.Cc1cccc(F)c1C1(/C(N)=N/O)CC1. The Hall–Kier alpha value is -1.58. The molecule has 0 amide bonds. The van der Waals surface area contributed by atoms with Crippen molar-refractivity contribution in [2.24, 2.45) is 10.9 Å². The van der Waals surface area contributed by atoms with Crippen LogP contribution in [0.4, 0.5) is 4.39 Å². The average Bonchev–Trinajstić information content (AvgIpc) is 3.12. The Morgan fingerprint density at radius 3 is 2.41 bits per heavy atom. The van der Waals surface area contributed by atoms with Crippen molar-refractivity contribution in [2.45, 2.75) is 39.0 Å². The highest BCUT2D eigenvalue weighted by Gasteiger charge is 2.51. The fourth-order valence-corrected chi connectivity index (χ4v) is 2.09. The molecule has 1 saturated carbocycles. The van der Waals surface area contributed by atoms with Crippen LogP contribution < -0.4 is 5.73 Å². The van der Waals surface area contributed by atoms with Crippen LogP contribution in [0.1, 0.15) is 37.8 Å². The predicted octanol–water partition coefficient (Wildman–Crippen LogP) is 2.94.